The molecule has 0 saturated carbocycles. The first-order valence-electron chi connectivity index (χ1n) is 5.34. The molecule has 0 fully saturated rings. The lowest BCUT2D eigenvalue weighted by molar-refractivity contribution is 0.713. The molecule has 0 atom stereocenters. The van der Waals surface area contributed by atoms with E-state index in [1.807, 2.05) is 25.2 Å². The molecule has 1 rings (SSSR count). The molecule has 1 aromatic carbocycles. The smallest absolute Gasteiger partial charge is 0.0489 e. The predicted octanol–water partition coefficient (Wildman–Crippen LogP) is 4.36. The van der Waals surface area contributed by atoms with Gasteiger partial charge in [0.25, 0.3) is 0 Å². The Morgan fingerprint density at radius 3 is 2.69 bits per heavy atom. The highest BCUT2D eigenvalue weighted by molar-refractivity contribution is 9.10. The van der Waals surface area contributed by atoms with E-state index < -0.39 is 0 Å². The monoisotopic (exact) mass is 301 g/mol. The molecule has 0 radical (unpaired) electrons. The van der Waals surface area contributed by atoms with Gasteiger partial charge in [0.05, 0.1) is 0 Å². The summed E-state index contributed by atoms with van der Waals surface area (Å²) < 4.78 is 1.01. The summed E-state index contributed by atoms with van der Waals surface area (Å²) in [4.78, 5) is 0. The van der Waals surface area contributed by atoms with E-state index in [0.29, 0.717) is 5.92 Å². The number of hydrogen-bond acceptors (Lipinski definition) is 1. The van der Waals surface area contributed by atoms with Crippen molar-refractivity contribution in [2.24, 2.45) is 5.92 Å². The van der Waals surface area contributed by atoms with E-state index in [0.717, 1.165) is 21.6 Å². The van der Waals surface area contributed by atoms with Crippen LogP contribution in [0.3, 0.4) is 0 Å². The second-order valence-corrected chi connectivity index (χ2v) is 5.39. The Morgan fingerprint density at radius 1 is 1.50 bits per heavy atom. The van der Waals surface area contributed by atoms with Gasteiger partial charge in [0.2, 0.25) is 0 Å². The second-order valence-electron chi connectivity index (χ2n) is 4.07. The Hall–Kier alpha value is -0.310. The topological polar surface area (TPSA) is 12.0 Å². The van der Waals surface area contributed by atoms with Crippen LogP contribution in [-0.4, -0.2) is 13.6 Å². The lowest BCUT2D eigenvalue weighted by Crippen LogP contribution is -2.13. The molecule has 3 heteroatoms. The Balaban J connectivity index is 3.02. The van der Waals surface area contributed by atoms with Gasteiger partial charge in [0.1, 0.15) is 0 Å². The lowest BCUT2D eigenvalue weighted by Gasteiger charge is -2.11. The van der Waals surface area contributed by atoms with Gasteiger partial charge < -0.3 is 5.32 Å². The second kappa shape index (κ2) is 6.43. The molecular formula is C13H17BrClN. The summed E-state index contributed by atoms with van der Waals surface area (Å²) in [6, 6.07) is 5.96. The molecule has 16 heavy (non-hydrogen) atoms. The average molecular weight is 303 g/mol. The van der Waals surface area contributed by atoms with E-state index in [1.54, 1.807) is 0 Å². The van der Waals surface area contributed by atoms with Gasteiger partial charge in [-0.25, -0.2) is 0 Å². The van der Waals surface area contributed by atoms with E-state index in [2.05, 4.69) is 41.2 Å². The first kappa shape index (κ1) is 13.8. The predicted molar refractivity (Wildman–Crippen MR) is 75.9 cm³/mol. The molecule has 0 amide bonds. The molecule has 0 heterocycles. The summed E-state index contributed by atoms with van der Waals surface area (Å²) in [5, 5.41) is 3.96. The molecule has 0 bridgehead atoms. The minimum absolute atomic E-state index is 0.521. The number of halogens is 2. The summed E-state index contributed by atoms with van der Waals surface area (Å²) >= 11 is 9.59. The molecule has 0 saturated heterocycles. The van der Waals surface area contributed by atoms with Crippen LogP contribution in [0.4, 0.5) is 0 Å². The van der Waals surface area contributed by atoms with E-state index in [4.69, 9.17) is 11.6 Å². The van der Waals surface area contributed by atoms with Crippen molar-refractivity contribution in [3.63, 3.8) is 0 Å². The zero-order valence-corrected chi connectivity index (χ0v) is 12.2. The van der Waals surface area contributed by atoms with Crippen LogP contribution in [0.2, 0.25) is 5.02 Å². The van der Waals surface area contributed by atoms with Crippen LogP contribution in [0, 0.1) is 5.92 Å². The maximum atomic E-state index is 6.18. The summed E-state index contributed by atoms with van der Waals surface area (Å²) in [5.41, 5.74) is 2.43. The third-order valence-electron chi connectivity index (χ3n) is 2.43. The third kappa shape index (κ3) is 3.93. The summed E-state index contributed by atoms with van der Waals surface area (Å²) in [6.07, 6.45) is 2.16. The van der Waals surface area contributed by atoms with Crippen molar-refractivity contribution in [2.75, 3.05) is 13.6 Å². The fourth-order valence-corrected chi connectivity index (χ4v) is 2.17. The van der Waals surface area contributed by atoms with E-state index in [9.17, 15) is 0 Å². The summed E-state index contributed by atoms with van der Waals surface area (Å²) in [6.45, 7) is 5.27. The number of likely N-dealkylation sites (N-methyl/N-ethyl adjacent to an activating group) is 1. The van der Waals surface area contributed by atoms with Gasteiger partial charge in [0, 0.05) is 16.0 Å². The van der Waals surface area contributed by atoms with Crippen molar-refractivity contribution in [1.82, 2.24) is 5.32 Å². The first-order valence-corrected chi connectivity index (χ1v) is 6.51. The van der Waals surface area contributed by atoms with Gasteiger partial charge in [-0.05, 0) is 30.7 Å². The van der Waals surface area contributed by atoms with Crippen LogP contribution in [0.15, 0.2) is 28.2 Å². The number of rotatable bonds is 4. The summed E-state index contributed by atoms with van der Waals surface area (Å²) in [7, 11) is 1.96. The summed E-state index contributed by atoms with van der Waals surface area (Å²) in [5.74, 6) is 0.521. The molecule has 0 spiro atoms. The first-order chi connectivity index (χ1) is 7.54. The minimum Gasteiger partial charge on any atom is -0.316 e. The van der Waals surface area contributed by atoms with Crippen molar-refractivity contribution in [1.29, 1.82) is 0 Å². The maximum absolute atomic E-state index is 6.18. The Bertz CT molecular complexity index is 386. The van der Waals surface area contributed by atoms with Gasteiger partial charge in [-0.15, -0.1) is 0 Å². The Morgan fingerprint density at radius 2 is 2.19 bits per heavy atom. The minimum atomic E-state index is 0.521. The fraction of sp³-hybridized carbons (Fsp3) is 0.385. The van der Waals surface area contributed by atoms with Gasteiger partial charge in [-0.2, -0.15) is 0 Å². The zero-order valence-electron chi connectivity index (χ0n) is 9.85. The number of benzene rings is 1. The molecule has 1 nitrogen and oxygen atoms in total. The molecule has 1 aromatic rings. The fourth-order valence-electron chi connectivity index (χ4n) is 1.44. The molecule has 0 unspecified atom stereocenters. The van der Waals surface area contributed by atoms with E-state index in [1.165, 1.54) is 5.57 Å². The SMILES string of the molecule is CNC/C(=C/c1ccc(Br)cc1Cl)C(C)C. The highest BCUT2D eigenvalue weighted by Crippen LogP contribution is 2.24. The van der Waals surface area contributed by atoms with E-state index in [-0.39, 0.29) is 0 Å². The Labute approximate surface area is 111 Å². The largest absolute Gasteiger partial charge is 0.316 e. The molecule has 88 valence electrons. The van der Waals surface area contributed by atoms with Crippen LogP contribution in [0.25, 0.3) is 6.08 Å². The number of hydrogen-bond donors (Lipinski definition) is 1. The van der Waals surface area contributed by atoms with Crippen LogP contribution in [-0.2, 0) is 0 Å². The van der Waals surface area contributed by atoms with Crippen molar-refractivity contribution in [3.05, 3.63) is 38.8 Å². The van der Waals surface area contributed by atoms with Crippen LogP contribution in [0.5, 0.6) is 0 Å². The third-order valence-corrected chi connectivity index (χ3v) is 3.25. The molecular weight excluding hydrogens is 286 g/mol. The van der Waals surface area contributed by atoms with Crippen LogP contribution in [0.1, 0.15) is 19.4 Å². The van der Waals surface area contributed by atoms with Gasteiger partial charge in [-0.1, -0.05) is 59.1 Å². The van der Waals surface area contributed by atoms with E-state index >= 15 is 0 Å². The highest BCUT2D eigenvalue weighted by atomic mass is 79.9. The lowest BCUT2D eigenvalue weighted by atomic mass is 10.0. The molecule has 1 N–H and O–H groups in total. The van der Waals surface area contributed by atoms with Gasteiger partial charge in [-0.3, -0.25) is 0 Å². The van der Waals surface area contributed by atoms with Crippen LogP contribution >= 0.6 is 27.5 Å². The Kier molecular flexibility index (Phi) is 5.53. The molecule has 0 aromatic heterocycles. The zero-order chi connectivity index (χ0) is 12.1. The average Bonchev–Trinajstić information content (AvgIpc) is 2.20. The van der Waals surface area contributed by atoms with Crippen molar-refractivity contribution in [3.8, 4) is 0 Å². The molecule has 0 aliphatic heterocycles. The van der Waals surface area contributed by atoms with Gasteiger partial charge in [0.15, 0.2) is 0 Å². The van der Waals surface area contributed by atoms with Gasteiger partial charge >= 0.3 is 0 Å². The molecule has 0 aliphatic carbocycles. The normalized spacial score (nSPS) is 12.2. The van der Waals surface area contributed by atoms with Crippen molar-refractivity contribution in [2.45, 2.75) is 13.8 Å². The quantitative estimate of drug-likeness (QED) is 0.871. The van der Waals surface area contributed by atoms with Crippen LogP contribution < -0.4 is 5.32 Å². The maximum Gasteiger partial charge on any atom is 0.0489 e. The van der Waals surface area contributed by atoms with Crippen molar-refractivity contribution < 1.29 is 0 Å². The number of nitrogens with one attached hydrogen (secondary N) is 1. The van der Waals surface area contributed by atoms with Crippen molar-refractivity contribution >= 4 is 33.6 Å². The highest BCUT2D eigenvalue weighted by Gasteiger charge is 2.04. The standard InChI is InChI=1S/C13H17BrClN/c1-9(2)11(8-16-3)6-10-4-5-12(14)7-13(10)15/h4-7,9,16H,8H2,1-3H3/b11-6-. The molecule has 0 aliphatic rings.